The van der Waals surface area contributed by atoms with E-state index in [9.17, 15) is 9.59 Å². The molecule has 122 valence electrons. The van der Waals surface area contributed by atoms with Crippen LogP contribution in [0, 0.1) is 13.8 Å². The van der Waals surface area contributed by atoms with Gasteiger partial charge in [0.05, 0.1) is 6.04 Å². The first-order valence-corrected chi connectivity index (χ1v) is 7.69. The van der Waals surface area contributed by atoms with Gasteiger partial charge in [-0.05, 0) is 56.0 Å². The second-order valence-corrected chi connectivity index (χ2v) is 6.01. The molecule has 6 heteroatoms. The van der Waals surface area contributed by atoms with Crippen LogP contribution in [0.1, 0.15) is 34.5 Å². The number of furan rings is 1. The molecule has 2 aromatic rings. The topological polar surface area (TPSA) is 85.8 Å². The van der Waals surface area contributed by atoms with E-state index in [1.54, 1.807) is 11.0 Å². The van der Waals surface area contributed by atoms with Crippen molar-refractivity contribution in [3.63, 3.8) is 0 Å². The van der Waals surface area contributed by atoms with Crippen LogP contribution in [0.4, 0.5) is 4.79 Å². The Balaban J connectivity index is 1.70. The van der Waals surface area contributed by atoms with Crippen LogP contribution in [0.15, 0.2) is 22.6 Å². The van der Waals surface area contributed by atoms with Crippen LogP contribution in [-0.4, -0.2) is 36.1 Å². The lowest BCUT2D eigenvalue weighted by molar-refractivity contribution is 0.0390. The number of nitrogens with zero attached hydrogens (tertiary/aromatic N) is 1. The Morgan fingerprint density at radius 3 is 2.78 bits per heavy atom. The maximum atomic E-state index is 12.2. The number of carbonyl (C=O) groups excluding carboxylic acids is 2. The molecule has 1 fully saturated rings. The molecule has 2 heterocycles. The van der Waals surface area contributed by atoms with Gasteiger partial charge in [-0.15, -0.1) is 0 Å². The van der Waals surface area contributed by atoms with Crippen molar-refractivity contribution in [2.75, 3.05) is 13.2 Å². The number of ether oxygens (including phenoxy) is 1. The highest BCUT2D eigenvalue weighted by Crippen LogP contribution is 2.24. The van der Waals surface area contributed by atoms with Crippen LogP contribution in [0.2, 0.25) is 0 Å². The molecular weight excluding hydrogens is 296 g/mol. The molecule has 1 aromatic carbocycles. The fourth-order valence-electron chi connectivity index (χ4n) is 2.95. The minimum atomic E-state index is -0.521. The molecular formula is C17H20N2O4. The number of hydrogen-bond acceptors (Lipinski definition) is 4. The van der Waals surface area contributed by atoms with E-state index in [0.717, 1.165) is 29.4 Å². The molecule has 2 N–H and O–H groups in total. The highest BCUT2D eigenvalue weighted by atomic mass is 16.5. The van der Waals surface area contributed by atoms with Crippen molar-refractivity contribution >= 4 is 23.0 Å². The first-order chi connectivity index (χ1) is 11.0. The Kier molecular flexibility index (Phi) is 3.98. The summed E-state index contributed by atoms with van der Waals surface area (Å²) in [7, 11) is 0. The zero-order valence-corrected chi connectivity index (χ0v) is 13.3. The van der Waals surface area contributed by atoms with Crippen molar-refractivity contribution in [1.82, 2.24) is 4.90 Å². The Morgan fingerprint density at radius 2 is 2.04 bits per heavy atom. The Hall–Kier alpha value is -2.50. The predicted molar refractivity (Wildman–Crippen MR) is 85.3 cm³/mol. The third-order valence-corrected chi connectivity index (χ3v) is 4.40. The fraction of sp³-hybridized carbons (Fsp3) is 0.412. The minimum absolute atomic E-state index is 0.136. The first-order valence-electron chi connectivity index (χ1n) is 7.69. The number of amides is 2. The van der Waals surface area contributed by atoms with Gasteiger partial charge in [-0.2, -0.15) is 0 Å². The van der Waals surface area contributed by atoms with E-state index in [0.29, 0.717) is 12.1 Å². The van der Waals surface area contributed by atoms with E-state index in [4.69, 9.17) is 14.9 Å². The van der Waals surface area contributed by atoms with Crippen molar-refractivity contribution in [1.29, 1.82) is 0 Å². The van der Waals surface area contributed by atoms with Gasteiger partial charge >= 0.3 is 12.0 Å². The third-order valence-electron chi connectivity index (χ3n) is 4.40. The number of hydrogen-bond donors (Lipinski definition) is 1. The largest absolute Gasteiger partial charge is 0.458 e. The molecule has 0 spiro atoms. The summed E-state index contributed by atoms with van der Waals surface area (Å²) in [5, 5.41) is 0.875. The maximum absolute atomic E-state index is 12.2. The van der Waals surface area contributed by atoms with Gasteiger partial charge in [0.15, 0.2) is 0 Å². The Morgan fingerprint density at radius 1 is 1.30 bits per heavy atom. The van der Waals surface area contributed by atoms with Crippen LogP contribution in [0.3, 0.4) is 0 Å². The van der Waals surface area contributed by atoms with Crippen LogP contribution in [0.25, 0.3) is 11.0 Å². The maximum Gasteiger partial charge on any atom is 0.374 e. The van der Waals surface area contributed by atoms with E-state index in [1.165, 1.54) is 0 Å². The van der Waals surface area contributed by atoms with Crippen LogP contribution < -0.4 is 5.73 Å². The molecule has 23 heavy (non-hydrogen) atoms. The van der Waals surface area contributed by atoms with E-state index in [-0.39, 0.29) is 18.4 Å². The van der Waals surface area contributed by atoms with Gasteiger partial charge in [0.2, 0.25) is 5.76 Å². The number of nitrogens with two attached hydrogens (primary N) is 1. The number of rotatable bonds is 3. The van der Waals surface area contributed by atoms with E-state index in [1.807, 2.05) is 26.0 Å². The zero-order chi connectivity index (χ0) is 16.6. The second-order valence-electron chi connectivity index (χ2n) is 6.01. The first kappa shape index (κ1) is 15.4. The van der Waals surface area contributed by atoms with Crippen molar-refractivity contribution in [3.8, 4) is 0 Å². The van der Waals surface area contributed by atoms with E-state index >= 15 is 0 Å². The average molecular weight is 316 g/mol. The number of urea groups is 1. The fourth-order valence-corrected chi connectivity index (χ4v) is 2.95. The molecule has 2 amide bonds. The number of esters is 1. The number of benzene rings is 1. The SMILES string of the molecule is Cc1cc2cc(C(=O)OC[C@@H]3CCCN3C(N)=O)oc2cc1C. The van der Waals surface area contributed by atoms with Gasteiger partial charge in [-0.3, -0.25) is 0 Å². The van der Waals surface area contributed by atoms with Gasteiger partial charge < -0.3 is 19.8 Å². The summed E-state index contributed by atoms with van der Waals surface area (Å²) in [5.41, 5.74) is 8.23. The summed E-state index contributed by atoms with van der Waals surface area (Å²) in [6.07, 6.45) is 1.66. The summed E-state index contributed by atoms with van der Waals surface area (Å²) in [6.45, 7) is 4.75. The van der Waals surface area contributed by atoms with Crippen molar-refractivity contribution < 1.29 is 18.7 Å². The smallest absolute Gasteiger partial charge is 0.374 e. The highest BCUT2D eigenvalue weighted by Gasteiger charge is 2.28. The molecule has 0 radical (unpaired) electrons. The quantitative estimate of drug-likeness (QED) is 0.882. The number of carbonyl (C=O) groups is 2. The van der Waals surface area contributed by atoms with Gasteiger partial charge in [0.1, 0.15) is 12.2 Å². The molecule has 3 rings (SSSR count). The lowest BCUT2D eigenvalue weighted by Crippen LogP contribution is -2.41. The number of fused-ring (bicyclic) bond motifs is 1. The van der Waals surface area contributed by atoms with E-state index < -0.39 is 12.0 Å². The van der Waals surface area contributed by atoms with Gasteiger partial charge in [-0.25, -0.2) is 9.59 Å². The van der Waals surface area contributed by atoms with Gasteiger partial charge in [0.25, 0.3) is 0 Å². The van der Waals surface area contributed by atoms with Crippen molar-refractivity contribution in [2.45, 2.75) is 32.7 Å². The van der Waals surface area contributed by atoms with Crippen molar-refractivity contribution in [3.05, 3.63) is 35.1 Å². The molecule has 0 saturated carbocycles. The number of primary amides is 1. The number of likely N-dealkylation sites (tertiary alicyclic amines) is 1. The summed E-state index contributed by atoms with van der Waals surface area (Å²) < 4.78 is 10.9. The van der Waals surface area contributed by atoms with Crippen LogP contribution in [0.5, 0.6) is 0 Å². The lowest BCUT2D eigenvalue weighted by Gasteiger charge is -2.21. The number of aryl methyl sites for hydroxylation is 2. The van der Waals surface area contributed by atoms with E-state index in [2.05, 4.69) is 0 Å². The zero-order valence-electron chi connectivity index (χ0n) is 13.3. The summed E-state index contributed by atoms with van der Waals surface area (Å²) in [6, 6.07) is 4.96. The average Bonchev–Trinajstić information content (AvgIpc) is 3.11. The molecule has 1 aliphatic rings. The summed E-state index contributed by atoms with van der Waals surface area (Å²) in [5.74, 6) is -0.346. The van der Waals surface area contributed by atoms with Crippen molar-refractivity contribution in [2.24, 2.45) is 5.73 Å². The lowest BCUT2D eigenvalue weighted by atomic mass is 10.1. The Labute approximate surface area is 134 Å². The van der Waals surface area contributed by atoms with Gasteiger partial charge in [-0.1, -0.05) is 0 Å². The minimum Gasteiger partial charge on any atom is -0.458 e. The third kappa shape index (κ3) is 3.02. The normalized spacial score (nSPS) is 17.7. The highest BCUT2D eigenvalue weighted by molar-refractivity contribution is 5.93. The molecule has 0 unspecified atom stereocenters. The molecule has 1 atom stereocenters. The molecule has 1 saturated heterocycles. The molecule has 0 bridgehead atoms. The molecule has 0 aliphatic carbocycles. The van der Waals surface area contributed by atoms with Crippen LogP contribution in [-0.2, 0) is 4.74 Å². The summed E-state index contributed by atoms with van der Waals surface area (Å²) in [4.78, 5) is 25.0. The second kappa shape index (κ2) is 5.95. The monoisotopic (exact) mass is 316 g/mol. The van der Waals surface area contributed by atoms with Gasteiger partial charge in [0, 0.05) is 11.9 Å². The Bertz CT molecular complexity index is 726. The molecule has 1 aliphatic heterocycles. The predicted octanol–water partition coefficient (Wildman–Crippen LogP) is 2.75. The molecule has 6 nitrogen and oxygen atoms in total. The standard InChI is InChI=1S/C17H20N2O4/c1-10-6-12-8-15(23-14(12)7-11(10)2)16(20)22-9-13-4-3-5-19(13)17(18)21/h6-8,13H,3-5,9H2,1-2H3,(H2,18,21)/t13-/m0/s1. The summed E-state index contributed by atoms with van der Waals surface area (Å²) >= 11 is 0. The molecule has 1 aromatic heterocycles. The van der Waals surface area contributed by atoms with Crippen LogP contribution >= 0.6 is 0 Å².